The third-order valence-electron chi connectivity index (χ3n) is 3.47. The van der Waals surface area contributed by atoms with E-state index < -0.39 is 0 Å². The predicted octanol–water partition coefficient (Wildman–Crippen LogP) is 3.52. The Morgan fingerprint density at radius 1 is 1.00 bits per heavy atom. The zero-order chi connectivity index (χ0) is 18.2. The summed E-state index contributed by atoms with van der Waals surface area (Å²) in [5.74, 6) is 0.317. The van der Waals surface area contributed by atoms with Gasteiger partial charge >= 0.3 is 5.97 Å². The van der Waals surface area contributed by atoms with Crippen molar-refractivity contribution in [2.45, 2.75) is 13.3 Å². The highest BCUT2D eigenvalue weighted by atomic mass is 16.5. The van der Waals surface area contributed by atoms with Gasteiger partial charge in [0.1, 0.15) is 11.5 Å². The molecule has 25 heavy (non-hydrogen) atoms. The van der Waals surface area contributed by atoms with Gasteiger partial charge in [-0.1, -0.05) is 6.92 Å². The Labute approximate surface area is 146 Å². The molecule has 2 aromatic rings. The molecule has 2 rings (SSSR count). The zero-order valence-corrected chi connectivity index (χ0v) is 14.5. The normalized spacial score (nSPS) is 10.0. The maximum Gasteiger partial charge on any atom is 0.338 e. The monoisotopic (exact) mass is 343 g/mol. The van der Waals surface area contributed by atoms with Crippen LogP contribution in [-0.2, 0) is 4.74 Å². The van der Waals surface area contributed by atoms with E-state index in [0.29, 0.717) is 34.9 Å². The number of carbonyl (C=O) groups is 2. The Balaban J connectivity index is 2.09. The van der Waals surface area contributed by atoms with E-state index in [0.717, 1.165) is 6.42 Å². The number of benzene rings is 2. The lowest BCUT2D eigenvalue weighted by Crippen LogP contribution is -2.13. The quantitative estimate of drug-likeness (QED) is 0.779. The molecule has 6 heteroatoms. The van der Waals surface area contributed by atoms with E-state index in [1.165, 1.54) is 7.11 Å². The second kappa shape index (κ2) is 8.73. The summed E-state index contributed by atoms with van der Waals surface area (Å²) in [6, 6.07) is 11.5. The molecule has 132 valence electrons. The smallest absolute Gasteiger partial charge is 0.338 e. The van der Waals surface area contributed by atoms with Crippen molar-refractivity contribution in [3.8, 4) is 11.5 Å². The van der Waals surface area contributed by atoms with Gasteiger partial charge in [-0.2, -0.15) is 0 Å². The van der Waals surface area contributed by atoms with E-state index in [4.69, 9.17) is 14.2 Å². The van der Waals surface area contributed by atoms with Crippen molar-refractivity contribution in [3.63, 3.8) is 0 Å². The number of methoxy groups -OCH3 is 2. The molecule has 0 heterocycles. The lowest BCUT2D eigenvalue weighted by atomic mass is 10.1. The van der Waals surface area contributed by atoms with Crippen LogP contribution in [0, 0.1) is 0 Å². The van der Waals surface area contributed by atoms with Crippen LogP contribution in [0.2, 0.25) is 0 Å². The van der Waals surface area contributed by atoms with Crippen LogP contribution in [0.1, 0.15) is 34.1 Å². The third kappa shape index (κ3) is 4.73. The Morgan fingerprint density at radius 2 is 1.72 bits per heavy atom. The number of nitrogens with one attached hydrogen (secondary N) is 1. The van der Waals surface area contributed by atoms with Crippen molar-refractivity contribution in [2.75, 3.05) is 26.1 Å². The molecule has 0 aliphatic rings. The van der Waals surface area contributed by atoms with Crippen molar-refractivity contribution in [3.05, 3.63) is 53.6 Å². The Kier molecular flexibility index (Phi) is 6.39. The molecule has 2 aromatic carbocycles. The zero-order valence-electron chi connectivity index (χ0n) is 14.5. The number of rotatable bonds is 7. The SMILES string of the molecule is CCCOC(=O)c1ccc(NC(=O)c2ccc(OC)cc2OC)cc1. The fraction of sp³-hybridized carbons (Fsp3) is 0.263. The van der Waals surface area contributed by atoms with Gasteiger partial charge in [0.15, 0.2) is 0 Å². The summed E-state index contributed by atoms with van der Waals surface area (Å²) in [6.45, 7) is 2.31. The molecule has 0 bridgehead atoms. The van der Waals surface area contributed by atoms with Gasteiger partial charge in [-0.05, 0) is 42.8 Å². The van der Waals surface area contributed by atoms with Crippen LogP contribution in [0.15, 0.2) is 42.5 Å². The fourth-order valence-electron chi connectivity index (χ4n) is 2.15. The standard InChI is InChI=1S/C19H21NO5/c1-4-11-25-19(22)13-5-7-14(8-6-13)20-18(21)16-10-9-15(23-2)12-17(16)24-3/h5-10,12H,4,11H2,1-3H3,(H,20,21). The Morgan fingerprint density at radius 3 is 2.32 bits per heavy atom. The minimum absolute atomic E-state index is 0.319. The highest BCUT2D eigenvalue weighted by Gasteiger charge is 2.14. The molecule has 0 saturated heterocycles. The van der Waals surface area contributed by atoms with Crippen molar-refractivity contribution >= 4 is 17.6 Å². The summed E-state index contributed by atoms with van der Waals surface area (Å²) in [7, 11) is 3.03. The third-order valence-corrected chi connectivity index (χ3v) is 3.47. The average molecular weight is 343 g/mol. The fourth-order valence-corrected chi connectivity index (χ4v) is 2.15. The molecule has 0 saturated carbocycles. The molecule has 0 fully saturated rings. The Hall–Kier alpha value is -3.02. The number of anilines is 1. The van der Waals surface area contributed by atoms with Crippen molar-refractivity contribution in [1.29, 1.82) is 0 Å². The van der Waals surface area contributed by atoms with Crippen LogP contribution in [0.4, 0.5) is 5.69 Å². The second-order valence-electron chi connectivity index (χ2n) is 5.23. The minimum atomic E-state index is -0.378. The molecular weight excluding hydrogens is 322 g/mol. The molecule has 6 nitrogen and oxygen atoms in total. The van der Waals surface area contributed by atoms with Crippen molar-refractivity contribution in [1.82, 2.24) is 0 Å². The lowest BCUT2D eigenvalue weighted by Gasteiger charge is -2.11. The first kappa shape index (κ1) is 18.3. The highest BCUT2D eigenvalue weighted by Crippen LogP contribution is 2.25. The maximum absolute atomic E-state index is 12.4. The van der Waals surface area contributed by atoms with Crippen molar-refractivity contribution < 1.29 is 23.8 Å². The van der Waals surface area contributed by atoms with Crippen LogP contribution in [0.3, 0.4) is 0 Å². The number of hydrogen-bond donors (Lipinski definition) is 1. The average Bonchev–Trinajstić information content (AvgIpc) is 2.65. The summed E-state index contributed by atoms with van der Waals surface area (Å²) in [5, 5.41) is 2.77. The van der Waals surface area contributed by atoms with E-state index in [1.807, 2.05) is 6.92 Å². The van der Waals surface area contributed by atoms with Crippen LogP contribution in [-0.4, -0.2) is 32.7 Å². The molecular formula is C19H21NO5. The number of ether oxygens (including phenoxy) is 3. The van der Waals surface area contributed by atoms with E-state index in [1.54, 1.807) is 49.6 Å². The number of amides is 1. The van der Waals surface area contributed by atoms with Crippen LogP contribution in [0.5, 0.6) is 11.5 Å². The maximum atomic E-state index is 12.4. The lowest BCUT2D eigenvalue weighted by molar-refractivity contribution is 0.0505. The van der Waals surface area contributed by atoms with Gasteiger partial charge in [-0.15, -0.1) is 0 Å². The Bertz CT molecular complexity index is 740. The molecule has 0 radical (unpaired) electrons. The summed E-state index contributed by atoms with van der Waals surface area (Å²) in [6.07, 6.45) is 0.767. The van der Waals surface area contributed by atoms with Gasteiger partial charge in [0.25, 0.3) is 5.91 Å². The molecule has 0 spiro atoms. The van der Waals surface area contributed by atoms with Crippen LogP contribution in [0.25, 0.3) is 0 Å². The molecule has 0 unspecified atom stereocenters. The molecule has 0 aromatic heterocycles. The van der Waals surface area contributed by atoms with E-state index in [9.17, 15) is 9.59 Å². The van der Waals surface area contributed by atoms with Gasteiger partial charge in [0, 0.05) is 11.8 Å². The second-order valence-corrected chi connectivity index (χ2v) is 5.23. The van der Waals surface area contributed by atoms with Gasteiger partial charge in [0.2, 0.25) is 0 Å². The number of esters is 1. The van der Waals surface area contributed by atoms with Crippen molar-refractivity contribution in [2.24, 2.45) is 0 Å². The van der Waals surface area contributed by atoms with E-state index in [-0.39, 0.29) is 11.9 Å². The molecule has 0 aliphatic heterocycles. The number of carbonyl (C=O) groups excluding carboxylic acids is 2. The molecule has 1 N–H and O–H groups in total. The van der Waals surface area contributed by atoms with Gasteiger partial charge in [-0.25, -0.2) is 4.79 Å². The highest BCUT2D eigenvalue weighted by molar-refractivity contribution is 6.06. The van der Waals surface area contributed by atoms with E-state index in [2.05, 4.69) is 5.32 Å². The first-order valence-electron chi connectivity index (χ1n) is 7.89. The summed E-state index contributed by atoms with van der Waals surface area (Å²) >= 11 is 0. The first-order chi connectivity index (χ1) is 12.1. The number of hydrogen-bond acceptors (Lipinski definition) is 5. The molecule has 1 amide bonds. The summed E-state index contributed by atoms with van der Waals surface area (Å²) < 4.78 is 15.4. The first-order valence-corrected chi connectivity index (χ1v) is 7.89. The van der Waals surface area contributed by atoms with Gasteiger partial charge in [0.05, 0.1) is 32.0 Å². The van der Waals surface area contributed by atoms with Gasteiger partial charge < -0.3 is 19.5 Å². The van der Waals surface area contributed by atoms with Gasteiger partial charge in [-0.3, -0.25) is 4.79 Å². The summed E-state index contributed by atoms with van der Waals surface area (Å²) in [4.78, 5) is 24.2. The predicted molar refractivity (Wildman–Crippen MR) is 94.5 cm³/mol. The minimum Gasteiger partial charge on any atom is -0.497 e. The van der Waals surface area contributed by atoms with Crippen LogP contribution < -0.4 is 14.8 Å². The van der Waals surface area contributed by atoms with E-state index >= 15 is 0 Å². The molecule has 0 atom stereocenters. The largest absolute Gasteiger partial charge is 0.497 e. The molecule has 0 aliphatic carbocycles. The summed E-state index contributed by atoms with van der Waals surface area (Å²) in [5.41, 5.74) is 1.39. The van der Waals surface area contributed by atoms with Crippen LogP contribution >= 0.6 is 0 Å². The topological polar surface area (TPSA) is 73.9 Å².